The Hall–Kier alpha value is -3.58. The second kappa shape index (κ2) is 11.9. The molecule has 3 aromatic rings. The summed E-state index contributed by atoms with van der Waals surface area (Å²) in [5, 5.41) is 20.2. The Labute approximate surface area is 211 Å². The maximum Gasteiger partial charge on any atom is 0.303 e. The number of carbonyl (C=O) groups excluding carboxylic acids is 1. The van der Waals surface area contributed by atoms with Gasteiger partial charge in [0, 0.05) is 23.1 Å². The first-order valence-corrected chi connectivity index (χ1v) is 12.6. The Morgan fingerprint density at radius 3 is 2.39 bits per heavy atom. The van der Waals surface area contributed by atoms with E-state index in [2.05, 4.69) is 0 Å². The molecule has 7 nitrogen and oxygen atoms in total. The van der Waals surface area contributed by atoms with Gasteiger partial charge in [-0.25, -0.2) is 0 Å². The van der Waals surface area contributed by atoms with Crippen molar-refractivity contribution in [1.29, 1.82) is 0 Å². The zero-order valence-electron chi connectivity index (χ0n) is 20.4. The lowest BCUT2D eigenvalue weighted by Crippen LogP contribution is -2.49. The monoisotopic (exact) mass is 491 g/mol. The lowest BCUT2D eigenvalue weighted by molar-refractivity contribution is -0.137. The molecule has 190 valence electrons. The van der Waals surface area contributed by atoms with Crippen LogP contribution in [0.15, 0.2) is 71.5 Å². The number of carboxylic acids is 1. The van der Waals surface area contributed by atoms with Gasteiger partial charge >= 0.3 is 5.97 Å². The fraction of sp³-hybridized carbons (Fsp3) is 0.379. The summed E-state index contributed by atoms with van der Waals surface area (Å²) in [4.78, 5) is 26.0. The number of unbranched alkanes of at least 4 members (excludes halogenated alkanes) is 2. The molecule has 0 spiro atoms. The highest BCUT2D eigenvalue weighted by Gasteiger charge is 2.41. The molecule has 1 aliphatic rings. The van der Waals surface area contributed by atoms with Crippen LogP contribution in [0.4, 0.5) is 0 Å². The van der Waals surface area contributed by atoms with Crippen LogP contribution >= 0.6 is 0 Å². The normalized spacial score (nSPS) is 14.5. The van der Waals surface area contributed by atoms with Gasteiger partial charge in [0.25, 0.3) is 5.91 Å². The molecular weight excluding hydrogens is 458 g/mol. The number of aliphatic carboxylic acids is 1. The second-order valence-electron chi connectivity index (χ2n) is 9.33. The predicted octanol–water partition coefficient (Wildman–Crippen LogP) is 5.88. The number of para-hydroxylation sites is 1. The number of nitrogens with zero attached hydrogens (tertiary/aromatic N) is 1. The van der Waals surface area contributed by atoms with Crippen LogP contribution in [-0.2, 0) is 11.3 Å². The SMILES string of the molecule is O=C(O)CCCCCOc1ccccc1CN(C(=O)c1ccc(-c2ccoc2)cc1)C1(O)CCCC1. The first-order chi connectivity index (χ1) is 17.5. The molecule has 1 heterocycles. The average molecular weight is 492 g/mol. The van der Waals surface area contributed by atoms with Crippen molar-refractivity contribution in [2.45, 2.75) is 63.6 Å². The van der Waals surface area contributed by atoms with Crippen LogP contribution < -0.4 is 4.74 Å². The third-order valence-corrected chi connectivity index (χ3v) is 6.73. The zero-order valence-corrected chi connectivity index (χ0v) is 20.4. The third-order valence-electron chi connectivity index (χ3n) is 6.73. The van der Waals surface area contributed by atoms with Crippen molar-refractivity contribution in [2.75, 3.05) is 6.61 Å². The largest absolute Gasteiger partial charge is 0.493 e. The maximum absolute atomic E-state index is 13.7. The van der Waals surface area contributed by atoms with Crippen molar-refractivity contribution in [3.05, 3.63) is 78.3 Å². The third kappa shape index (κ3) is 6.34. The predicted molar refractivity (Wildman–Crippen MR) is 135 cm³/mol. The van der Waals surface area contributed by atoms with Crippen LogP contribution in [0.5, 0.6) is 5.75 Å². The summed E-state index contributed by atoms with van der Waals surface area (Å²) in [5.74, 6) is -0.334. The Morgan fingerprint density at radius 2 is 1.69 bits per heavy atom. The lowest BCUT2D eigenvalue weighted by Gasteiger charge is -2.37. The van der Waals surface area contributed by atoms with E-state index >= 15 is 0 Å². The molecule has 2 N–H and O–H groups in total. The summed E-state index contributed by atoms with van der Waals surface area (Å²) < 4.78 is 11.2. The van der Waals surface area contributed by atoms with E-state index in [1.807, 2.05) is 42.5 Å². The Kier molecular flexibility index (Phi) is 8.44. The number of hydrogen-bond donors (Lipinski definition) is 2. The summed E-state index contributed by atoms with van der Waals surface area (Å²) in [6, 6.07) is 16.8. The van der Waals surface area contributed by atoms with E-state index in [1.54, 1.807) is 29.6 Å². The topological polar surface area (TPSA) is 100 Å². The van der Waals surface area contributed by atoms with Crippen molar-refractivity contribution in [1.82, 2.24) is 4.90 Å². The first kappa shape index (κ1) is 25.5. The van der Waals surface area contributed by atoms with Gasteiger partial charge in [0.15, 0.2) is 0 Å². The molecule has 0 radical (unpaired) electrons. The summed E-state index contributed by atoms with van der Waals surface area (Å²) >= 11 is 0. The van der Waals surface area contributed by atoms with Gasteiger partial charge in [-0.1, -0.05) is 30.3 Å². The molecule has 0 aliphatic heterocycles. The van der Waals surface area contributed by atoms with Crippen LogP contribution in [-0.4, -0.2) is 39.3 Å². The van der Waals surface area contributed by atoms with Gasteiger partial charge in [-0.3, -0.25) is 9.59 Å². The van der Waals surface area contributed by atoms with E-state index in [-0.39, 0.29) is 18.9 Å². The van der Waals surface area contributed by atoms with Crippen LogP contribution in [0.1, 0.15) is 67.3 Å². The number of furan rings is 1. The summed E-state index contributed by atoms with van der Waals surface area (Å²) in [7, 11) is 0. The molecule has 0 bridgehead atoms. The average Bonchev–Trinajstić information content (AvgIpc) is 3.58. The molecule has 1 aromatic heterocycles. The summed E-state index contributed by atoms with van der Waals surface area (Å²) in [5.41, 5.74) is 2.03. The molecule has 1 amide bonds. The molecular formula is C29H33NO6. The molecule has 7 heteroatoms. The van der Waals surface area contributed by atoms with E-state index in [4.69, 9.17) is 14.3 Å². The van der Waals surface area contributed by atoms with Crippen LogP contribution in [0, 0.1) is 0 Å². The molecule has 1 aliphatic carbocycles. The van der Waals surface area contributed by atoms with Gasteiger partial charge in [0.05, 0.1) is 25.7 Å². The minimum Gasteiger partial charge on any atom is -0.493 e. The standard InChI is InChI=1S/C29H33NO6/c31-27(32)10-2-1-7-18-36-26-9-4-3-8-24(26)20-30(29(34)16-5-6-17-29)28(33)23-13-11-22(12-14-23)25-15-19-35-21-25/h3-4,8-9,11-15,19,21,34H,1-2,5-7,10,16-18,20H2,(H,31,32). The highest BCUT2D eigenvalue weighted by Crippen LogP contribution is 2.36. The Morgan fingerprint density at radius 1 is 0.944 bits per heavy atom. The van der Waals surface area contributed by atoms with E-state index < -0.39 is 11.7 Å². The zero-order chi connectivity index (χ0) is 25.4. The van der Waals surface area contributed by atoms with E-state index in [0.29, 0.717) is 37.2 Å². The molecule has 36 heavy (non-hydrogen) atoms. The molecule has 1 fully saturated rings. The van der Waals surface area contributed by atoms with Gasteiger partial charge < -0.3 is 24.3 Å². The molecule has 4 rings (SSSR count). The van der Waals surface area contributed by atoms with Gasteiger partial charge in [-0.2, -0.15) is 0 Å². The van der Waals surface area contributed by atoms with Gasteiger partial charge in [-0.05, 0) is 74.8 Å². The number of hydrogen-bond acceptors (Lipinski definition) is 5. The fourth-order valence-corrected chi connectivity index (χ4v) is 4.69. The first-order valence-electron chi connectivity index (χ1n) is 12.6. The lowest BCUT2D eigenvalue weighted by atomic mass is 10.0. The van der Waals surface area contributed by atoms with Crippen LogP contribution in [0.25, 0.3) is 11.1 Å². The highest BCUT2D eigenvalue weighted by molar-refractivity contribution is 5.95. The van der Waals surface area contributed by atoms with Crippen molar-refractivity contribution in [3.8, 4) is 16.9 Å². The van der Waals surface area contributed by atoms with Crippen LogP contribution in [0.2, 0.25) is 0 Å². The highest BCUT2D eigenvalue weighted by atomic mass is 16.5. The Balaban J connectivity index is 1.49. The number of carbonyl (C=O) groups is 2. The number of ether oxygens (including phenoxy) is 1. The van der Waals surface area contributed by atoms with E-state index in [0.717, 1.165) is 42.4 Å². The number of aliphatic hydroxyl groups is 1. The molecule has 0 atom stereocenters. The minimum atomic E-state index is -1.20. The second-order valence-corrected chi connectivity index (χ2v) is 9.33. The van der Waals surface area contributed by atoms with E-state index in [1.165, 1.54) is 0 Å². The van der Waals surface area contributed by atoms with Gasteiger partial charge in [0.1, 0.15) is 11.5 Å². The number of carboxylic acid groups (broad SMARTS) is 1. The number of benzene rings is 2. The number of rotatable bonds is 12. The fourth-order valence-electron chi connectivity index (χ4n) is 4.69. The van der Waals surface area contributed by atoms with E-state index in [9.17, 15) is 14.7 Å². The molecule has 0 saturated heterocycles. The summed E-state index contributed by atoms with van der Waals surface area (Å²) in [6.45, 7) is 0.693. The van der Waals surface area contributed by atoms with Crippen molar-refractivity contribution in [2.24, 2.45) is 0 Å². The van der Waals surface area contributed by atoms with Crippen molar-refractivity contribution in [3.63, 3.8) is 0 Å². The minimum absolute atomic E-state index is 0.162. The van der Waals surface area contributed by atoms with Crippen LogP contribution in [0.3, 0.4) is 0 Å². The molecule has 0 unspecified atom stereocenters. The summed E-state index contributed by atoms with van der Waals surface area (Å²) in [6.07, 6.45) is 8.39. The Bertz CT molecular complexity index is 1130. The maximum atomic E-state index is 13.7. The smallest absolute Gasteiger partial charge is 0.303 e. The van der Waals surface area contributed by atoms with Gasteiger partial charge in [0.2, 0.25) is 0 Å². The quantitative estimate of drug-likeness (QED) is 0.243. The molecule has 1 saturated carbocycles. The van der Waals surface area contributed by atoms with Crippen molar-refractivity contribution >= 4 is 11.9 Å². The number of amides is 1. The molecule has 2 aromatic carbocycles. The van der Waals surface area contributed by atoms with Crippen molar-refractivity contribution < 1.29 is 29.0 Å². The van der Waals surface area contributed by atoms with Gasteiger partial charge in [-0.15, -0.1) is 0 Å².